The third kappa shape index (κ3) is 4.15. The van der Waals surface area contributed by atoms with Gasteiger partial charge in [-0.25, -0.2) is 4.79 Å². The van der Waals surface area contributed by atoms with Gasteiger partial charge in [-0.05, 0) is 49.1 Å². The Bertz CT molecular complexity index is 776. The summed E-state index contributed by atoms with van der Waals surface area (Å²) in [5.74, 6) is 0.0511. The van der Waals surface area contributed by atoms with E-state index in [1.165, 1.54) is 0 Å². The predicted molar refractivity (Wildman–Crippen MR) is 96.1 cm³/mol. The highest BCUT2D eigenvalue weighted by Gasteiger charge is 2.17. The summed E-state index contributed by atoms with van der Waals surface area (Å²) in [4.78, 5) is 27.7. The van der Waals surface area contributed by atoms with Crippen molar-refractivity contribution < 1.29 is 9.59 Å². The molecule has 25 heavy (non-hydrogen) atoms. The Morgan fingerprint density at radius 1 is 1.12 bits per heavy atom. The lowest BCUT2D eigenvalue weighted by molar-refractivity contribution is -0.116. The van der Waals surface area contributed by atoms with Gasteiger partial charge >= 0.3 is 6.03 Å². The van der Waals surface area contributed by atoms with Crippen molar-refractivity contribution in [3.63, 3.8) is 0 Å². The number of aryl methyl sites for hydroxylation is 1. The minimum Gasteiger partial charge on any atom is -0.332 e. The van der Waals surface area contributed by atoms with E-state index >= 15 is 0 Å². The summed E-state index contributed by atoms with van der Waals surface area (Å²) < 4.78 is 0. The van der Waals surface area contributed by atoms with Crippen LogP contribution >= 0.6 is 0 Å². The lowest BCUT2D eigenvalue weighted by Gasteiger charge is -2.21. The average Bonchev–Trinajstić information content (AvgIpc) is 2.61. The second-order valence-corrected chi connectivity index (χ2v) is 6.31. The van der Waals surface area contributed by atoms with E-state index in [1.54, 1.807) is 12.4 Å². The number of hydrogen-bond donors (Lipinski definition) is 3. The van der Waals surface area contributed by atoms with Gasteiger partial charge in [0.2, 0.25) is 5.91 Å². The third-order valence-electron chi connectivity index (χ3n) is 4.40. The second kappa shape index (κ2) is 7.34. The standard InChI is InChI=1S/C19H22N4O2/c1-12(14-5-7-17-15(10-14)6-8-18(24)23-17)21-19(25)22-13(2)16-4-3-9-20-11-16/h3-5,7,9-13H,6,8H2,1-2H3,(H,23,24)(H2,21,22,25)/t12-,13+/m1/s1. The van der Waals surface area contributed by atoms with Crippen molar-refractivity contribution in [2.75, 3.05) is 5.32 Å². The molecule has 1 aliphatic rings. The minimum absolute atomic E-state index is 0.0511. The highest BCUT2D eigenvalue weighted by molar-refractivity contribution is 5.93. The number of urea groups is 1. The van der Waals surface area contributed by atoms with E-state index in [0.29, 0.717) is 6.42 Å². The summed E-state index contributed by atoms with van der Waals surface area (Å²) in [6.07, 6.45) is 4.68. The fourth-order valence-electron chi connectivity index (χ4n) is 2.91. The first kappa shape index (κ1) is 17.0. The Morgan fingerprint density at radius 3 is 2.60 bits per heavy atom. The summed E-state index contributed by atoms with van der Waals surface area (Å²) in [6.45, 7) is 3.86. The molecule has 0 fully saturated rings. The maximum Gasteiger partial charge on any atom is 0.315 e. The molecule has 1 aromatic heterocycles. The van der Waals surface area contributed by atoms with Crippen LogP contribution in [0.4, 0.5) is 10.5 Å². The second-order valence-electron chi connectivity index (χ2n) is 6.31. The van der Waals surface area contributed by atoms with Gasteiger partial charge in [0.15, 0.2) is 0 Å². The van der Waals surface area contributed by atoms with Crippen molar-refractivity contribution in [2.45, 2.75) is 38.8 Å². The van der Waals surface area contributed by atoms with E-state index in [4.69, 9.17) is 0 Å². The molecule has 6 heteroatoms. The van der Waals surface area contributed by atoms with Gasteiger partial charge in [0, 0.05) is 24.5 Å². The molecule has 0 aliphatic carbocycles. The average molecular weight is 338 g/mol. The van der Waals surface area contributed by atoms with Crippen LogP contribution in [0.25, 0.3) is 0 Å². The minimum atomic E-state index is -0.227. The van der Waals surface area contributed by atoms with Crippen LogP contribution in [0.3, 0.4) is 0 Å². The van der Waals surface area contributed by atoms with E-state index in [0.717, 1.165) is 28.8 Å². The largest absolute Gasteiger partial charge is 0.332 e. The highest BCUT2D eigenvalue weighted by atomic mass is 16.2. The first-order valence-electron chi connectivity index (χ1n) is 8.42. The molecule has 3 amide bonds. The summed E-state index contributed by atoms with van der Waals surface area (Å²) >= 11 is 0. The molecule has 1 aromatic carbocycles. The van der Waals surface area contributed by atoms with Gasteiger partial charge in [0.1, 0.15) is 0 Å². The molecule has 0 bridgehead atoms. The highest BCUT2D eigenvalue weighted by Crippen LogP contribution is 2.26. The van der Waals surface area contributed by atoms with E-state index in [9.17, 15) is 9.59 Å². The Hall–Kier alpha value is -2.89. The van der Waals surface area contributed by atoms with Gasteiger partial charge in [0.05, 0.1) is 12.1 Å². The molecule has 0 saturated carbocycles. The number of amides is 3. The number of nitrogens with one attached hydrogen (secondary N) is 3. The SMILES string of the molecule is C[C@H](NC(=O)N[C@H](C)c1ccc2c(c1)CCC(=O)N2)c1cccnc1. The van der Waals surface area contributed by atoms with Gasteiger partial charge in [-0.2, -0.15) is 0 Å². The number of carbonyl (C=O) groups is 2. The maximum absolute atomic E-state index is 12.2. The summed E-state index contributed by atoms with van der Waals surface area (Å²) in [5, 5.41) is 8.74. The number of anilines is 1. The zero-order valence-electron chi connectivity index (χ0n) is 14.4. The number of fused-ring (bicyclic) bond motifs is 1. The number of carbonyl (C=O) groups excluding carboxylic acids is 2. The van der Waals surface area contributed by atoms with Crippen LogP contribution in [0.15, 0.2) is 42.7 Å². The molecule has 0 radical (unpaired) electrons. The normalized spacial score (nSPS) is 15.5. The van der Waals surface area contributed by atoms with Gasteiger partial charge in [0.25, 0.3) is 0 Å². The van der Waals surface area contributed by atoms with Crippen LogP contribution in [0.2, 0.25) is 0 Å². The molecule has 2 aromatic rings. The zero-order chi connectivity index (χ0) is 17.8. The quantitative estimate of drug-likeness (QED) is 0.801. The maximum atomic E-state index is 12.2. The summed E-state index contributed by atoms with van der Waals surface area (Å²) in [6, 6.07) is 9.16. The van der Waals surface area contributed by atoms with Crippen molar-refractivity contribution in [3.05, 3.63) is 59.4 Å². The van der Waals surface area contributed by atoms with Crippen LogP contribution in [0.5, 0.6) is 0 Å². The molecule has 2 heterocycles. The van der Waals surface area contributed by atoms with Gasteiger partial charge in [-0.15, -0.1) is 0 Å². The van der Waals surface area contributed by atoms with Gasteiger partial charge < -0.3 is 16.0 Å². The number of rotatable bonds is 4. The van der Waals surface area contributed by atoms with Crippen molar-refractivity contribution in [1.82, 2.24) is 15.6 Å². The van der Waals surface area contributed by atoms with Crippen molar-refractivity contribution in [3.8, 4) is 0 Å². The molecule has 130 valence electrons. The molecule has 1 aliphatic heterocycles. The number of hydrogen-bond acceptors (Lipinski definition) is 3. The van der Waals surface area contributed by atoms with Crippen molar-refractivity contribution in [1.29, 1.82) is 0 Å². The van der Waals surface area contributed by atoms with E-state index in [1.807, 2.05) is 44.2 Å². The number of nitrogens with zero attached hydrogens (tertiary/aromatic N) is 1. The van der Waals surface area contributed by atoms with Gasteiger partial charge in [-0.3, -0.25) is 9.78 Å². The van der Waals surface area contributed by atoms with Gasteiger partial charge in [-0.1, -0.05) is 18.2 Å². The molecular weight excluding hydrogens is 316 g/mol. The smallest absolute Gasteiger partial charge is 0.315 e. The Labute approximate surface area is 147 Å². The Balaban J connectivity index is 1.61. The number of aromatic nitrogens is 1. The molecule has 2 atom stereocenters. The topological polar surface area (TPSA) is 83.1 Å². The van der Waals surface area contributed by atoms with E-state index in [-0.39, 0.29) is 24.0 Å². The monoisotopic (exact) mass is 338 g/mol. The van der Waals surface area contributed by atoms with E-state index < -0.39 is 0 Å². The molecule has 0 spiro atoms. The fourth-order valence-corrected chi connectivity index (χ4v) is 2.91. The third-order valence-corrected chi connectivity index (χ3v) is 4.40. The molecule has 6 nitrogen and oxygen atoms in total. The van der Waals surface area contributed by atoms with Crippen LogP contribution in [0.1, 0.15) is 49.0 Å². The fraction of sp³-hybridized carbons (Fsp3) is 0.316. The van der Waals surface area contributed by atoms with Crippen LogP contribution < -0.4 is 16.0 Å². The van der Waals surface area contributed by atoms with Crippen LogP contribution in [-0.4, -0.2) is 16.9 Å². The first-order valence-corrected chi connectivity index (χ1v) is 8.42. The molecular formula is C19H22N4O2. The molecule has 0 unspecified atom stereocenters. The van der Waals surface area contributed by atoms with E-state index in [2.05, 4.69) is 20.9 Å². The van der Waals surface area contributed by atoms with Crippen LogP contribution in [-0.2, 0) is 11.2 Å². The zero-order valence-corrected chi connectivity index (χ0v) is 14.4. The van der Waals surface area contributed by atoms with Crippen molar-refractivity contribution >= 4 is 17.6 Å². The van der Waals surface area contributed by atoms with Crippen LogP contribution in [0, 0.1) is 0 Å². The summed E-state index contributed by atoms with van der Waals surface area (Å²) in [5.41, 5.74) is 3.94. The number of pyridine rings is 1. The molecule has 3 N–H and O–H groups in total. The molecule has 3 rings (SSSR count). The first-order chi connectivity index (χ1) is 12.0. The Morgan fingerprint density at radius 2 is 1.88 bits per heavy atom. The summed E-state index contributed by atoms with van der Waals surface area (Å²) in [7, 11) is 0. The lowest BCUT2D eigenvalue weighted by atomic mass is 9.98. The lowest BCUT2D eigenvalue weighted by Crippen LogP contribution is -2.38. The Kier molecular flexibility index (Phi) is 4.97. The predicted octanol–water partition coefficient (Wildman–Crippen LogP) is 3.09. The number of benzene rings is 1. The van der Waals surface area contributed by atoms with Crippen molar-refractivity contribution in [2.24, 2.45) is 0 Å². The molecule has 0 saturated heterocycles.